The van der Waals surface area contributed by atoms with Crippen LogP contribution in [-0.4, -0.2) is 40.6 Å². The zero-order valence-electron chi connectivity index (χ0n) is 19.3. The van der Waals surface area contributed by atoms with E-state index in [9.17, 15) is 18.0 Å². The van der Waals surface area contributed by atoms with Crippen LogP contribution in [0, 0.1) is 6.92 Å². The van der Waals surface area contributed by atoms with Crippen molar-refractivity contribution in [2.45, 2.75) is 24.8 Å². The van der Waals surface area contributed by atoms with Gasteiger partial charge in [-0.1, -0.05) is 24.3 Å². The van der Waals surface area contributed by atoms with E-state index in [-0.39, 0.29) is 10.5 Å². The predicted octanol–water partition coefficient (Wildman–Crippen LogP) is 4.01. The fourth-order valence-electron chi connectivity index (χ4n) is 3.13. The molecule has 3 rings (SSSR count). The summed E-state index contributed by atoms with van der Waals surface area (Å²) in [6, 6.07) is 19.3. The van der Waals surface area contributed by atoms with Gasteiger partial charge in [0.25, 0.3) is 15.9 Å². The van der Waals surface area contributed by atoms with Crippen LogP contribution in [0.4, 0.5) is 11.4 Å². The molecule has 0 heterocycles. The van der Waals surface area contributed by atoms with Gasteiger partial charge in [-0.25, -0.2) is 13.2 Å². The van der Waals surface area contributed by atoms with Crippen LogP contribution in [0.5, 0.6) is 5.75 Å². The van der Waals surface area contributed by atoms with Gasteiger partial charge in [0.2, 0.25) is 0 Å². The first kappa shape index (κ1) is 24.8. The fourth-order valence-corrected chi connectivity index (χ4v) is 4.33. The second kappa shape index (κ2) is 10.4. The van der Waals surface area contributed by atoms with Gasteiger partial charge in [-0.2, -0.15) is 0 Å². The third-order valence-corrected chi connectivity index (χ3v) is 6.93. The van der Waals surface area contributed by atoms with Crippen LogP contribution in [0.15, 0.2) is 77.7 Å². The largest absolute Gasteiger partial charge is 0.495 e. The summed E-state index contributed by atoms with van der Waals surface area (Å²) >= 11 is 0. The molecule has 0 aromatic heterocycles. The number of esters is 1. The van der Waals surface area contributed by atoms with Crippen molar-refractivity contribution in [1.29, 1.82) is 0 Å². The smallest absolute Gasteiger partial charge is 0.338 e. The Morgan fingerprint density at radius 2 is 1.62 bits per heavy atom. The maximum atomic E-state index is 12.9. The summed E-state index contributed by atoms with van der Waals surface area (Å²) in [6.07, 6.45) is -1.09. The fraction of sp³-hybridized carbons (Fsp3) is 0.200. The average Bonchev–Trinajstić information content (AvgIpc) is 2.84. The molecule has 1 unspecified atom stereocenters. The first-order chi connectivity index (χ1) is 16.1. The van der Waals surface area contributed by atoms with E-state index in [1.165, 1.54) is 45.3 Å². The number of aryl methyl sites for hydroxylation is 1. The maximum absolute atomic E-state index is 12.9. The molecule has 1 amide bonds. The first-order valence-electron chi connectivity index (χ1n) is 10.4. The zero-order valence-corrected chi connectivity index (χ0v) is 20.1. The number of anilines is 2. The first-order valence-corrected chi connectivity index (χ1v) is 11.9. The van der Waals surface area contributed by atoms with E-state index >= 15 is 0 Å². The van der Waals surface area contributed by atoms with E-state index in [1.54, 1.807) is 42.5 Å². The number of ether oxygens (including phenoxy) is 2. The third-order valence-electron chi connectivity index (χ3n) is 5.13. The Bertz CT molecular complexity index is 1270. The van der Waals surface area contributed by atoms with Crippen LogP contribution in [0.3, 0.4) is 0 Å². The molecule has 1 atom stereocenters. The third kappa shape index (κ3) is 5.55. The van der Waals surface area contributed by atoms with Crippen molar-refractivity contribution in [1.82, 2.24) is 0 Å². The molecule has 0 saturated carbocycles. The Labute approximate surface area is 199 Å². The molecule has 0 aliphatic carbocycles. The van der Waals surface area contributed by atoms with Crippen molar-refractivity contribution < 1.29 is 27.5 Å². The molecule has 0 fully saturated rings. The number of hydrogen-bond acceptors (Lipinski definition) is 6. The number of nitrogens with zero attached hydrogens (tertiary/aromatic N) is 1. The van der Waals surface area contributed by atoms with Gasteiger partial charge in [0, 0.05) is 7.05 Å². The summed E-state index contributed by atoms with van der Waals surface area (Å²) in [7, 11) is -0.864. The van der Waals surface area contributed by atoms with Gasteiger partial charge >= 0.3 is 5.97 Å². The van der Waals surface area contributed by atoms with Crippen LogP contribution >= 0.6 is 0 Å². The van der Waals surface area contributed by atoms with Crippen molar-refractivity contribution >= 4 is 33.3 Å². The van der Waals surface area contributed by atoms with Gasteiger partial charge in [-0.3, -0.25) is 9.10 Å². The topological polar surface area (TPSA) is 102 Å². The van der Waals surface area contributed by atoms with E-state index in [2.05, 4.69) is 5.32 Å². The average molecular weight is 483 g/mol. The number of rotatable bonds is 8. The van der Waals surface area contributed by atoms with E-state index in [0.29, 0.717) is 17.1 Å². The number of hydrogen-bond donors (Lipinski definition) is 1. The molecule has 1 N–H and O–H groups in total. The van der Waals surface area contributed by atoms with Gasteiger partial charge in [0.05, 0.1) is 28.9 Å². The molecule has 0 saturated heterocycles. The zero-order chi connectivity index (χ0) is 24.9. The van der Waals surface area contributed by atoms with Crippen molar-refractivity contribution in [3.8, 4) is 5.75 Å². The van der Waals surface area contributed by atoms with E-state index in [4.69, 9.17) is 9.47 Å². The molecule has 0 radical (unpaired) electrons. The highest BCUT2D eigenvalue weighted by Gasteiger charge is 2.23. The lowest BCUT2D eigenvalue weighted by Crippen LogP contribution is -2.30. The van der Waals surface area contributed by atoms with Gasteiger partial charge in [-0.05, 0) is 67.9 Å². The van der Waals surface area contributed by atoms with Crippen molar-refractivity contribution in [2.75, 3.05) is 23.8 Å². The lowest BCUT2D eigenvalue weighted by molar-refractivity contribution is -0.123. The molecule has 0 spiro atoms. The number of amides is 1. The number of carbonyl (C=O) groups is 2. The molecule has 0 aliphatic heterocycles. The number of para-hydroxylation sites is 1. The van der Waals surface area contributed by atoms with E-state index in [1.807, 2.05) is 13.0 Å². The van der Waals surface area contributed by atoms with Crippen molar-refractivity contribution in [3.05, 3.63) is 83.9 Å². The molecular weight excluding hydrogens is 456 g/mol. The van der Waals surface area contributed by atoms with Crippen LogP contribution in [0.2, 0.25) is 0 Å². The van der Waals surface area contributed by atoms with E-state index < -0.39 is 28.0 Å². The quantitative estimate of drug-likeness (QED) is 0.487. The second-order valence-corrected chi connectivity index (χ2v) is 9.54. The predicted molar refractivity (Wildman–Crippen MR) is 130 cm³/mol. The molecule has 3 aromatic rings. The monoisotopic (exact) mass is 482 g/mol. The number of benzene rings is 3. The lowest BCUT2D eigenvalue weighted by atomic mass is 10.2. The standard InChI is InChI=1S/C25H26N2O6S/c1-17-10-15-23(32-4)22(16-17)26-24(28)18(2)33-25(29)19-11-13-21(14-12-19)34(30,31)27(3)20-8-6-5-7-9-20/h5-16,18H,1-4H3,(H,26,28). The number of nitrogens with one attached hydrogen (secondary N) is 1. The maximum Gasteiger partial charge on any atom is 0.338 e. The lowest BCUT2D eigenvalue weighted by Gasteiger charge is -2.19. The minimum absolute atomic E-state index is 0.0211. The Hall–Kier alpha value is -3.85. The molecular formula is C25H26N2O6S. The Balaban J connectivity index is 1.67. The van der Waals surface area contributed by atoms with Crippen LogP contribution < -0.4 is 14.4 Å². The normalized spacial score (nSPS) is 11.9. The van der Waals surface area contributed by atoms with Gasteiger partial charge in [0.1, 0.15) is 5.75 Å². The van der Waals surface area contributed by atoms with Gasteiger partial charge < -0.3 is 14.8 Å². The summed E-state index contributed by atoms with van der Waals surface area (Å²) < 4.78 is 37.4. The highest BCUT2D eigenvalue weighted by Crippen LogP contribution is 2.26. The highest BCUT2D eigenvalue weighted by atomic mass is 32.2. The van der Waals surface area contributed by atoms with Crippen LogP contribution in [0.1, 0.15) is 22.8 Å². The van der Waals surface area contributed by atoms with Crippen LogP contribution in [-0.2, 0) is 19.6 Å². The molecule has 34 heavy (non-hydrogen) atoms. The van der Waals surface area contributed by atoms with Gasteiger partial charge in [0.15, 0.2) is 6.10 Å². The highest BCUT2D eigenvalue weighted by molar-refractivity contribution is 7.92. The Morgan fingerprint density at radius 3 is 2.24 bits per heavy atom. The summed E-state index contributed by atoms with van der Waals surface area (Å²) in [5, 5.41) is 2.69. The van der Waals surface area contributed by atoms with Crippen LogP contribution in [0.25, 0.3) is 0 Å². The van der Waals surface area contributed by atoms with Crippen molar-refractivity contribution in [3.63, 3.8) is 0 Å². The Kier molecular flexibility index (Phi) is 7.57. The number of carbonyl (C=O) groups excluding carboxylic acids is 2. The molecule has 8 nitrogen and oxygen atoms in total. The molecule has 0 aliphatic rings. The van der Waals surface area contributed by atoms with Gasteiger partial charge in [-0.15, -0.1) is 0 Å². The van der Waals surface area contributed by atoms with E-state index in [0.717, 1.165) is 9.87 Å². The van der Waals surface area contributed by atoms with Crippen molar-refractivity contribution in [2.24, 2.45) is 0 Å². The number of methoxy groups -OCH3 is 1. The molecule has 9 heteroatoms. The molecule has 0 bridgehead atoms. The number of sulfonamides is 1. The molecule has 3 aromatic carbocycles. The molecule has 178 valence electrons. The SMILES string of the molecule is COc1ccc(C)cc1NC(=O)C(C)OC(=O)c1ccc(S(=O)(=O)N(C)c2ccccc2)cc1. The minimum atomic E-state index is -3.81. The minimum Gasteiger partial charge on any atom is -0.495 e. The summed E-state index contributed by atoms with van der Waals surface area (Å²) in [5.74, 6) is -0.796. The second-order valence-electron chi connectivity index (χ2n) is 7.57. The Morgan fingerprint density at radius 1 is 0.971 bits per heavy atom. The summed E-state index contributed by atoms with van der Waals surface area (Å²) in [6.45, 7) is 3.32. The summed E-state index contributed by atoms with van der Waals surface area (Å²) in [4.78, 5) is 25.1. The summed E-state index contributed by atoms with van der Waals surface area (Å²) in [5.41, 5.74) is 2.02.